The fourth-order valence-electron chi connectivity index (χ4n) is 1.63. The maximum Gasteiger partial charge on any atom is 0.240 e. The monoisotopic (exact) mass is 224 g/mol. The summed E-state index contributed by atoms with van der Waals surface area (Å²) in [6.45, 7) is 10.3. The Labute approximate surface area is 96.7 Å². The fourth-order valence-corrected chi connectivity index (χ4v) is 1.63. The number of piperidine rings is 1. The molecule has 0 spiro atoms. The summed E-state index contributed by atoms with van der Waals surface area (Å²) in [6, 6.07) is 0. The highest BCUT2D eigenvalue weighted by Crippen LogP contribution is 2.14. The third-order valence-corrected chi connectivity index (χ3v) is 2.34. The molecule has 1 N–H and O–H groups in total. The average molecular weight is 224 g/mol. The Morgan fingerprint density at radius 1 is 1.50 bits per heavy atom. The molecule has 0 radical (unpaired) electrons. The molecule has 4 heteroatoms. The van der Waals surface area contributed by atoms with Gasteiger partial charge in [0, 0.05) is 18.5 Å². The van der Waals surface area contributed by atoms with Crippen LogP contribution in [0, 0.1) is 0 Å². The maximum absolute atomic E-state index is 11.6. The molecule has 0 aliphatic carbocycles. The van der Waals surface area contributed by atoms with Crippen LogP contribution in [0.3, 0.4) is 0 Å². The van der Waals surface area contributed by atoms with E-state index < -0.39 is 0 Å². The first kappa shape index (κ1) is 12.7. The van der Waals surface area contributed by atoms with E-state index in [1.54, 1.807) is 4.90 Å². The van der Waals surface area contributed by atoms with Crippen LogP contribution in [-0.2, 0) is 9.59 Å². The largest absolute Gasteiger partial charge is 0.350 e. The number of amides is 2. The van der Waals surface area contributed by atoms with Crippen molar-refractivity contribution >= 4 is 11.8 Å². The quantitative estimate of drug-likeness (QED) is 0.713. The van der Waals surface area contributed by atoms with Crippen LogP contribution in [0.2, 0.25) is 0 Å². The molecule has 0 saturated carbocycles. The van der Waals surface area contributed by atoms with Crippen LogP contribution in [0.4, 0.5) is 0 Å². The van der Waals surface area contributed by atoms with E-state index in [0.717, 1.165) is 12.0 Å². The third-order valence-electron chi connectivity index (χ3n) is 2.34. The van der Waals surface area contributed by atoms with E-state index >= 15 is 0 Å². The van der Waals surface area contributed by atoms with E-state index in [1.165, 1.54) is 0 Å². The van der Waals surface area contributed by atoms with Gasteiger partial charge in [0.15, 0.2) is 0 Å². The van der Waals surface area contributed by atoms with Gasteiger partial charge in [-0.1, -0.05) is 12.2 Å². The van der Waals surface area contributed by atoms with Crippen molar-refractivity contribution in [1.82, 2.24) is 10.2 Å². The van der Waals surface area contributed by atoms with Gasteiger partial charge in [0.25, 0.3) is 0 Å². The lowest BCUT2D eigenvalue weighted by atomic mass is 10.1. The fraction of sp³-hybridized carbons (Fsp3) is 0.667. The Kier molecular flexibility index (Phi) is 3.73. The van der Waals surface area contributed by atoms with Crippen LogP contribution in [0.15, 0.2) is 12.2 Å². The minimum Gasteiger partial charge on any atom is -0.350 e. The number of carbonyl (C=O) groups is 2. The van der Waals surface area contributed by atoms with Crippen molar-refractivity contribution in [3.63, 3.8) is 0 Å². The zero-order valence-electron chi connectivity index (χ0n) is 10.3. The van der Waals surface area contributed by atoms with Gasteiger partial charge in [-0.05, 0) is 27.2 Å². The normalized spacial score (nSPS) is 17.6. The molecule has 0 unspecified atom stereocenters. The number of hydrogen-bond acceptors (Lipinski definition) is 2. The molecule has 1 saturated heterocycles. The molecule has 1 heterocycles. The topological polar surface area (TPSA) is 49.4 Å². The smallest absolute Gasteiger partial charge is 0.240 e. The summed E-state index contributed by atoms with van der Waals surface area (Å²) in [5.74, 6) is -0.103. The van der Waals surface area contributed by atoms with Gasteiger partial charge in [-0.2, -0.15) is 0 Å². The maximum atomic E-state index is 11.6. The second-order valence-corrected chi connectivity index (χ2v) is 5.29. The van der Waals surface area contributed by atoms with E-state index in [9.17, 15) is 9.59 Å². The summed E-state index contributed by atoms with van der Waals surface area (Å²) in [7, 11) is 0. The van der Waals surface area contributed by atoms with Crippen LogP contribution in [-0.4, -0.2) is 35.3 Å². The highest BCUT2D eigenvalue weighted by Gasteiger charge is 2.23. The molecule has 1 rings (SSSR count). The first-order chi connectivity index (χ1) is 7.28. The zero-order valence-corrected chi connectivity index (χ0v) is 10.3. The van der Waals surface area contributed by atoms with E-state index in [1.807, 2.05) is 20.8 Å². The minimum atomic E-state index is -0.250. The van der Waals surface area contributed by atoms with Gasteiger partial charge in [0.2, 0.25) is 11.8 Å². The Morgan fingerprint density at radius 3 is 2.62 bits per heavy atom. The molecule has 16 heavy (non-hydrogen) atoms. The Balaban J connectivity index is 2.45. The van der Waals surface area contributed by atoms with Crippen LogP contribution in [0.25, 0.3) is 0 Å². The molecule has 0 atom stereocenters. The first-order valence-electron chi connectivity index (χ1n) is 5.53. The summed E-state index contributed by atoms with van der Waals surface area (Å²) in [6.07, 6.45) is 1.18. The second kappa shape index (κ2) is 4.68. The summed E-state index contributed by atoms with van der Waals surface area (Å²) in [5.41, 5.74) is 0.706. The first-order valence-corrected chi connectivity index (χ1v) is 5.53. The number of carbonyl (C=O) groups excluding carboxylic acids is 2. The number of rotatable bonds is 2. The van der Waals surface area contributed by atoms with Crippen molar-refractivity contribution in [3.8, 4) is 0 Å². The van der Waals surface area contributed by atoms with Crippen LogP contribution in [0.1, 0.15) is 33.6 Å². The van der Waals surface area contributed by atoms with Gasteiger partial charge in [-0.15, -0.1) is 0 Å². The molecule has 0 bridgehead atoms. The van der Waals surface area contributed by atoms with Gasteiger partial charge >= 0.3 is 0 Å². The molecule has 1 aliphatic rings. The molecule has 1 fully saturated rings. The predicted molar refractivity (Wildman–Crippen MR) is 62.8 cm³/mol. The third kappa shape index (κ3) is 4.04. The van der Waals surface area contributed by atoms with Crippen molar-refractivity contribution in [2.24, 2.45) is 0 Å². The molecule has 0 aromatic carbocycles. The molecule has 0 aromatic heterocycles. The van der Waals surface area contributed by atoms with Gasteiger partial charge in [0.1, 0.15) is 0 Å². The number of likely N-dealkylation sites (tertiary alicyclic amines) is 1. The summed E-state index contributed by atoms with van der Waals surface area (Å²) < 4.78 is 0. The molecule has 2 amide bonds. The number of hydrogen-bond donors (Lipinski definition) is 1. The lowest BCUT2D eigenvalue weighted by Crippen LogP contribution is -2.48. The minimum absolute atomic E-state index is 0.000286. The molecular weight excluding hydrogens is 204 g/mol. The molecule has 4 nitrogen and oxygen atoms in total. The molecule has 0 aromatic rings. The predicted octanol–water partition coefficient (Wildman–Crippen LogP) is 1.08. The van der Waals surface area contributed by atoms with Gasteiger partial charge in [-0.3, -0.25) is 9.59 Å². The SMILES string of the molecule is C=C1CCN(CC(=O)NC(C)(C)C)C(=O)C1. The van der Waals surface area contributed by atoms with Crippen LogP contribution < -0.4 is 5.32 Å². The van der Waals surface area contributed by atoms with Gasteiger partial charge < -0.3 is 10.2 Å². The summed E-state index contributed by atoms with van der Waals surface area (Å²) >= 11 is 0. The lowest BCUT2D eigenvalue weighted by Gasteiger charge is -2.29. The van der Waals surface area contributed by atoms with E-state index in [0.29, 0.717) is 13.0 Å². The number of nitrogens with zero attached hydrogens (tertiary/aromatic N) is 1. The average Bonchev–Trinajstić information content (AvgIpc) is 2.06. The number of nitrogens with one attached hydrogen (secondary N) is 1. The van der Waals surface area contributed by atoms with E-state index in [2.05, 4.69) is 11.9 Å². The lowest BCUT2D eigenvalue weighted by molar-refractivity contribution is -0.137. The highest BCUT2D eigenvalue weighted by atomic mass is 16.2. The second-order valence-electron chi connectivity index (χ2n) is 5.29. The molecule has 90 valence electrons. The van der Waals surface area contributed by atoms with Crippen molar-refractivity contribution in [1.29, 1.82) is 0 Å². The Bertz CT molecular complexity index is 315. The van der Waals surface area contributed by atoms with E-state index in [-0.39, 0.29) is 23.9 Å². The van der Waals surface area contributed by atoms with Crippen molar-refractivity contribution in [2.75, 3.05) is 13.1 Å². The van der Waals surface area contributed by atoms with Crippen molar-refractivity contribution < 1.29 is 9.59 Å². The Hall–Kier alpha value is -1.32. The van der Waals surface area contributed by atoms with E-state index in [4.69, 9.17) is 0 Å². The van der Waals surface area contributed by atoms with Gasteiger partial charge in [0.05, 0.1) is 6.54 Å². The Morgan fingerprint density at radius 2 is 2.12 bits per heavy atom. The van der Waals surface area contributed by atoms with Crippen LogP contribution in [0.5, 0.6) is 0 Å². The van der Waals surface area contributed by atoms with Crippen molar-refractivity contribution in [2.45, 2.75) is 39.2 Å². The highest BCUT2D eigenvalue weighted by molar-refractivity contribution is 5.86. The molecule has 1 aliphatic heterocycles. The standard InChI is InChI=1S/C12H20N2O2/c1-9-5-6-14(11(16)7-9)8-10(15)13-12(2,3)4/h1,5-8H2,2-4H3,(H,13,15). The summed E-state index contributed by atoms with van der Waals surface area (Å²) in [4.78, 5) is 24.8. The van der Waals surface area contributed by atoms with Gasteiger partial charge in [-0.25, -0.2) is 0 Å². The van der Waals surface area contributed by atoms with Crippen molar-refractivity contribution in [3.05, 3.63) is 12.2 Å². The molecular formula is C12H20N2O2. The summed E-state index contributed by atoms with van der Waals surface area (Å²) in [5, 5.41) is 2.84. The van der Waals surface area contributed by atoms with Crippen LogP contribution >= 0.6 is 0 Å². The zero-order chi connectivity index (χ0) is 12.3.